The number of ether oxygens (including phenoxy) is 1. The standard InChI is InChI=1S/C28H21NO6/c1-3-17-13-14-22-21(15-17)23(30)25(24(34-22)18-9-5-4-6-10-18)35-28(33)16(2)29-26(31)19-11-7-8-12-20(19)27(29)32/h4-16H,3H2,1-2H3/t16-/m1/s1. The van der Waals surface area contributed by atoms with E-state index in [1.54, 1.807) is 48.5 Å². The van der Waals surface area contributed by atoms with Crippen molar-refractivity contribution in [2.24, 2.45) is 0 Å². The first-order valence-corrected chi connectivity index (χ1v) is 11.2. The number of hydrogen-bond acceptors (Lipinski definition) is 6. The number of esters is 1. The van der Waals surface area contributed by atoms with Gasteiger partial charge in [-0.25, -0.2) is 4.79 Å². The zero-order valence-electron chi connectivity index (χ0n) is 19.1. The molecule has 5 rings (SSSR count). The Morgan fingerprint density at radius 2 is 1.54 bits per heavy atom. The van der Waals surface area contributed by atoms with Crippen LogP contribution in [0.25, 0.3) is 22.3 Å². The monoisotopic (exact) mass is 467 g/mol. The van der Waals surface area contributed by atoms with Gasteiger partial charge in [-0.05, 0) is 43.2 Å². The molecule has 1 atom stereocenters. The maximum Gasteiger partial charge on any atom is 0.334 e. The van der Waals surface area contributed by atoms with Gasteiger partial charge in [0.1, 0.15) is 11.6 Å². The molecule has 0 aliphatic carbocycles. The molecule has 7 nitrogen and oxygen atoms in total. The third-order valence-electron chi connectivity index (χ3n) is 6.11. The van der Waals surface area contributed by atoms with Crippen molar-refractivity contribution in [1.82, 2.24) is 4.90 Å². The highest BCUT2D eigenvalue weighted by Gasteiger charge is 2.41. The van der Waals surface area contributed by atoms with Crippen molar-refractivity contribution in [2.75, 3.05) is 0 Å². The second kappa shape index (κ2) is 8.68. The van der Waals surface area contributed by atoms with Crippen LogP contribution >= 0.6 is 0 Å². The lowest BCUT2D eigenvalue weighted by Gasteiger charge is -2.21. The highest BCUT2D eigenvalue weighted by molar-refractivity contribution is 6.22. The fraction of sp³-hybridized carbons (Fsp3) is 0.143. The number of fused-ring (bicyclic) bond motifs is 2. The van der Waals surface area contributed by atoms with Crippen molar-refractivity contribution >= 4 is 28.8 Å². The quantitative estimate of drug-likeness (QED) is 0.314. The highest BCUT2D eigenvalue weighted by Crippen LogP contribution is 2.32. The Morgan fingerprint density at radius 1 is 0.914 bits per heavy atom. The van der Waals surface area contributed by atoms with E-state index in [0.29, 0.717) is 17.6 Å². The molecule has 0 radical (unpaired) electrons. The van der Waals surface area contributed by atoms with Crippen molar-refractivity contribution in [1.29, 1.82) is 0 Å². The van der Waals surface area contributed by atoms with Crippen LogP contribution in [0.2, 0.25) is 0 Å². The first kappa shape index (κ1) is 22.3. The smallest absolute Gasteiger partial charge is 0.334 e. The summed E-state index contributed by atoms with van der Waals surface area (Å²) in [6, 6.07) is 19.2. The molecule has 1 aromatic heterocycles. The second-order valence-electron chi connectivity index (χ2n) is 8.26. The Morgan fingerprint density at radius 3 is 2.17 bits per heavy atom. The van der Waals surface area contributed by atoms with Gasteiger partial charge >= 0.3 is 5.97 Å². The largest absolute Gasteiger partial charge is 0.452 e. The summed E-state index contributed by atoms with van der Waals surface area (Å²) in [6.45, 7) is 3.36. The third kappa shape index (κ3) is 3.71. The minimum atomic E-state index is -1.26. The predicted molar refractivity (Wildman–Crippen MR) is 129 cm³/mol. The van der Waals surface area contributed by atoms with Gasteiger partial charge in [0.05, 0.1) is 16.5 Å². The van der Waals surface area contributed by atoms with E-state index in [4.69, 9.17) is 9.15 Å². The van der Waals surface area contributed by atoms with Gasteiger partial charge in [0.2, 0.25) is 11.2 Å². The number of imide groups is 1. The third-order valence-corrected chi connectivity index (χ3v) is 6.11. The highest BCUT2D eigenvalue weighted by atomic mass is 16.5. The maximum atomic E-state index is 13.5. The summed E-state index contributed by atoms with van der Waals surface area (Å²) in [5, 5.41) is 0.278. The lowest BCUT2D eigenvalue weighted by Crippen LogP contribution is -2.45. The lowest BCUT2D eigenvalue weighted by molar-refractivity contribution is -0.138. The molecule has 3 aromatic carbocycles. The van der Waals surface area contributed by atoms with Crippen molar-refractivity contribution < 1.29 is 23.5 Å². The topological polar surface area (TPSA) is 93.9 Å². The molecule has 1 aliphatic rings. The summed E-state index contributed by atoms with van der Waals surface area (Å²) in [5.74, 6) is -2.29. The average molecular weight is 467 g/mol. The zero-order chi connectivity index (χ0) is 24.7. The van der Waals surface area contributed by atoms with Gasteiger partial charge in [0.25, 0.3) is 11.8 Å². The fourth-order valence-corrected chi connectivity index (χ4v) is 4.17. The summed E-state index contributed by atoms with van der Waals surface area (Å²) < 4.78 is 11.6. The van der Waals surface area contributed by atoms with Gasteiger partial charge in [0, 0.05) is 5.56 Å². The number of nitrogens with zero attached hydrogens (tertiary/aromatic N) is 1. The van der Waals surface area contributed by atoms with Gasteiger partial charge < -0.3 is 9.15 Å². The summed E-state index contributed by atoms with van der Waals surface area (Å²) in [6.07, 6.45) is 0.710. The molecule has 0 fully saturated rings. The minimum absolute atomic E-state index is 0.0928. The molecule has 2 amide bonds. The van der Waals surface area contributed by atoms with Crippen LogP contribution in [0, 0.1) is 0 Å². The molecule has 0 unspecified atom stereocenters. The first-order chi connectivity index (χ1) is 16.9. The summed E-state index contributed by atoms with van der Waals surface area (Å²) in [7, 11) is 0. The Labute approximate surface area is 200 Å². The molecular formula is C28H21NO6. The van der Waals surface area contributed by atoms with Crippen LogP contribution in [0.15, 0.2) is 82.0 Å². The summed E-state index contributed by atoms with van der Waals surface area (Å²) in [5.41, 5.74) is 1.76. The second-order valence-corrected chi connectivity index (χ2v) is 8.26. The van der Waals surface area contributed by atoms with Gasteiger partial charge in [-0.15, -0.1) is 0 Å². The van der Waals surface area contributed by atoms with Crippen molar-refractivity contribution in [3.63, 3.8) is 0 Å². The van der Waals surface area contributed by atoms with Crippen LogP contribution in [0.1, 0.15) is 40.1 Å². The van der Waals surface area contributed by atoms with Gasteiger partial charge in [-0.1, -0.05) is 55.5 Å². The normalized spacial score (nSPS) is 13.7. The first-order valence-electron chi connectivity index (χ1n) is 11.2. The van der Waals surface area contributed by atoms with E-state index >= 15 is 0 Å². The molecule has 2 heterocycles. The van der Waals surface area contributed by atoms with E-state index in [1.165, 1.54) is 19.1 Å². The van der Waals surface area contributed by atoms with Crippen LogP contribution in [0.5, 0.6) is 5.75 Å². The summed E-state index contributed by atoms with van der Waals surface area (Å²) >= 11 is 0. The molecule has 174 valence electrons. The number of carbonyl (C=O) groups is 3. The Bertz CT molecular complexity index is 1520. The number of aryl methyl sites for hydroxylation is 1. The lowest BCUT2D eigenvalue weighted by atomic mass is 10.1. The molecule has 0 N–H and O–H groups in total. The van der Waals surface area contributed by atoms with Crippen LogP contribution < -0.4 is 10.2 Å². The molecule has 0 saturated heterocycles. The van der Waals surface area contributed by atoms with Crippen LogP contribution in [0.3, 0.4) is 0 Å². The van der Waals surface area contributed by atoms with E-state index in [0.717, 1.165) is 10.5 Å². The molecule has 7 heteroatoms. The Hall–Kier alpha value is -4.52. The number of carbonyl (C=O) groups excluding carboxylic acids is 3. The van der Waals surface area contributed by atoms with Crippen LogP contribution in [-0.4, -0.2) is 28.7 Å². The van der Waals surface area contributed by atoms with Gasteiger partial charge in [0.15, 0.2) is 5.76 Å². The van der Waals surface area contributed by atoms with E-state index in [9.17, 15) is 19.2 Å². The molecule has 0 bridgehead atoms. The Kier molecular flexibility index (Phi) is 5.53. The predicted octanol–water partition coefficient (Wildman–Crippen LogP) is 4.61. The number of hydrogen-bond donors (Lipinski definition) is 0. The molecular weight excluding hydrogens is 446 g/mol. The fourth-order valence-electron chi connectivity index (χ4n) is 4.17. The number of amides is 2. The Balaban J connectivity index is 1.57. The summed E-state index contributed by atoms with van der Waals surface area (Å²) in [4.78, 5) is 53.2. The maximum absolute atomic E-state index is 13.5. The van der Waals surface area contributed by atoms with E-state index in [-0.39, 0.29) is 28.0 Å². The zero-order valence-corrected chi connectivity index (χ0v) is 19.1. The van der Waals surface area contributed by atoms with Crippen molar-refractivity contribution in [3.05, 3.63) is 99.7 Å². The average Bonchev–Trinajstić information content (AvgIpc) is 3.15. The van der Waals surface area contributed by atoms with E-state index in [1.807, 2.05) is 19.1 Å². The van der Waals surface area contributed by atoms with Crippen LogP contribution in [-0.2, 0) is 11.2 Å². The van der Waals surface area contributed by atoms with Crippen molar-refractivity contribution in [2.45, 2.75) is 26.3 Å². The molecule has 0 spiro atoms. The van der Waals surface area contributed by atoms with Gasteiger partial charge in [-0.2, -0.15) is 0 Å². The molecule has 4 aromatic rings. The van der Waals surface area contributed by atoms with Crippen LogP contribution in [0.4, 0.5) is 0 Å². The number of benzene rings is 3. The molecule has 1 aliphatic heterocycles. The van der Waals surface area contributed by atoms with Gasteiger partial charge in [-0.3, -0.25) is 19.3 Å². The number of rotatable bonds is 5. The molecule has 0 saturated carbocycles. The van der Waals surface area contributed by atoms with Crippen molar-refractivity contribution in [3.8, 4) is 17.1 Å². The van der Waals surface area contributed by atoms with E-state index in [2.05, 4.69) is 0 Å². The molecule has 35 heavy (non-hydrogen) atoms. The SMILES string of the molecule is CCc1ccc2oc(-c3ccccc3)c(OC(=O)[C@@H](C)N3C(=O)c4ccccc4C3=O)c(=O)c2c1. The minimum Gasteiger partial charge on any atom is -0.452 e. The van der Waals surface area contributed by atoms with E-state index < -0.39 is 29.3 Å².